The number of hydrogen-bond acceptors (Lipinski definition) is 3. The summed E-state index contributed by atoms with van der Waals surface area (Å²) in [5.41, 5.74) is 6.99. The molecule has 0 saturated heterocycles. The lowest BCUT2D eigenvalue weighted by Gasteiger charge is -2.12. The van der Waals surface area contributed by atoms with Gasteiger partial charge in [0.05, 0.1) is 5.56 Å². The monoisotopic (exact) mass is 277 g/mol. The molecule has 0 unspecified atom stereocenters. The van der Waals surface area contributed by atoms with Crippen LogP contribution in [0.1, 0.15) is 24.0 Å². The molecule has 0 spiro atoms. The molecule has 0 aliphatic heterocycles. The van der Waals surface area contributed by atoms with Gasteiger partial charge in [-0.1, -0.05) is 12.2 Å². The molecule has 1 aromatic rings. The van der Waals surface area contributed by atoms with Crippen LogP contribution in [0.25, 0.3) is 0 Å². The Balaban J connectivity index is 2.63. The van der Waals surface area contributed by atoms with Crippen LogP contribution in [0.2, 0.25) is 0 Å². The number of halogens is 3. The average Bonchev–Trinajstić information content (AvgIpc) is 2.22. The number of pyridine rings is 1. The fraction of sp³-hybridized carbons (Fsp3) is 0.455. The lowest BCUT2D eigenvalue weighted by molar-refractivity contribution is -0.134. The van der Waals surface area contributed by atoms with Crippen LogP contribution >= 0.6 is 12.2 Å². The van der Waals surface area contributed by atoms with Crippen LogP contribution in [-0.2, 0) is 0 Å². The number of anilines is 1. The van der Waals surface area contributed by atoms with Gasteiger partial charge in [0.1, 0.15) is 10.8 Å². The fourth-order valence-corrected chi connectivity index (χ4v) is 1.76. The summed E-state index contributed by atoms with van der Waals surface area (Å²) >= 11 is 4.89. The maximum Gasteiger partial charge on any atom is 0.389 e. The predicted octanol–water partition coefficient (Wildman–Crippen LogP) is 2.78. The smallest absolute Gasteiger partial charge is 0.389 e. The molecule has 1 rings (SSSR count). The second-order valence-corrected chi connectivity index (χ2v) is 4.30. The van der Waals surface area contributed by atoms with Gasteiger partial charge >= 0.3 is 6.18 Å². The molecule has 1 heterocycles. The van der Waals surface area contributed by atoms with Gasteiger partial charge < -0.3 is 11.1 Å². The molecule has 0 amide bonds. The molecule has 18 heavy (non-hydrogen) atoms. The summed E-state index contributed by atoms with van der Waals surface area (Å²) in [5, 5.41) is 2.83. The highest BCUT2D eigenvalue weighted by Crippen LogP contribution is 2.22. The molecular weight excluding hydrogens is 263 g/mol. The van der Waals surface area contributed by atoms with Crippen LogP contribution in [0.15, 0.2) is 12.3 Å². The first-order valence-corrected chi connectivity index (χ1v) is 5.78. The molecule has 0 fully saturated rings. The highest BCUT2D eigenvalue weighted by molar-refractivity contribution is 7.80. The van der Waals surface area contributed by atoms with Gasteiger partial charge in [0, 0.05) is 19.2 Å². The molecule has 0 bridgehead atoms. The van der Waals surface area contributed by atoms with E-state index in [0.717, 1.165) is 5.56 Å². The Morgan fingerprint density at radius 2 is 2.17 bits per heavy atom. The van der Waals surface area contributed by atoms with Crippen molar-refractivity contribution >= 4 is 23.0 Å². The average molecular weight is 277 g/mol. The largest absolute Gasteiger partial charge is 0.389 e. The molecule has 1 aromatic heterocycles. The number of aromatic nitrogens is 1. The van der Waals surface area contributed by atoms with Crippen molar-refractivity contribution in [1.82, 2.24) is 4.98 Å². The minimum atomic E-state index is -4.13. The maximum absolute atomic E-state index is 12.0. The lowest BCUT2D eigenvalue weighted by Crippen LogP contribution is -2.17. The summed E-state index contributed by atoms with van der Waals surface area (Å²) in [7, 11) is 0. The molecule has 0 radical (unpaired) electrons. The van der Waals surface area contributed by atoms with Gasteiger partial charge in [-0.2, -0.15) is 13.2 Å². The van der Waals surface area contributed by atoms with E-state index in [-0.39, 0.29) is 18.0 Å². The molecule has 0 saturated carbocycles. The van der Waals surface area contributed by atoms with Crippen molar-refractivity contribution in [2.24, 2.45) is 5.73 Å². The van der Waals surface area contributed by atoms with Crippen LogP contribution in [0.4, 0.5) is 19.0 Å². The SMILES string of the molecule is Cc1ccnc(NCCCC(F)(F)F)c1C(N)=S. The van der Waals surface area contributed by atoms with E-state index in [1.54, 1.807) is 12.3 Å². The molecule has 0 aliphatic rings. The van der Waals surface area contributed by atoms with E-state index in [4.69, 9.17) is 18.0 Å². The van der Waals surface area contributed by atoms with E-state index in [1.165, 1.54) is 0 Å². The van der Waals surface area contributed by atoms with Crippen LogP contribution < -0.4 is 11.1 Å². The zero-order chi connectivity index (χ0) is 13.8. The van der Waals surface area contributed by atoms with Crippen LogP contribution in [-0.4, -0.2) is 22.7 Å². The van der Waals surface area contributed by atoms with Gasteiger partial charge in [-0.3, -0.25) is 0 Å². The normalized spacial score (nSPS) is 11.3. The van der Waals surface area contributed by atoms with Crippen LogP contribution in [0, 0.1) is 6.92 Å². The van der Waals surface area contributed by atoms with Crippen molar-refractivity contribution in [3.63, 3.8) is 0 Å². The molecule has 0 aliphatic carbocycles. The lowest BCUT2D eigenvalue weighted by atomic mass is 10.1. The minimum absolute atomic E-state index is 0.0180. The second kappa shape index (κ2) is 5.99. The van der Waals surface area contributed by atoms with Crippen molar-refractivity contribution in [3.05, 3.63) is 23.4 Å². The van der Waals surface area contributed by atoms with Crippen molar-refractivity contribution in [1.29, 1.82) is 0 Å². The second-order valence-electron chi connectivity index (χ2n) is 3.86. The van der Waals surface area contributed by atoms with Crippen molar-refractivity contribution in [3.8, 4) is 0 Å². The minimum Gasteiger partial charge on any atom is -0.389 e. The van der Waals surface area contributed by atoms with E-state index in [2.05, 4.69) is 10.3 Å². The summed E-state index contributed by atoms with van der Waals surface area (Å²) < 4.78 is 35.9. The van der Waals surface area contributed by atoms with Gasteiger partial charge in [-0.05, 0) is 25.0 Å². The van der Waals surface area contributed by atoms with Gasteiger partial charge in [-0.15, -0.1) is 0 Å². The Kier molecular flexibility index (Phi) is 4.89. The van der Waals surface area contributed by atoms with E-state index in [1.807, 2.05) is 6.92 Å². The number of aryl methyl sites for hydroxylation is 1. The number of nitrogens with two attached hydrogens (primary N) is 1. The molecule has 0 atom stereocenters. The van der Waals surface area contributed by atoms with Crippen molar-refractivity contribution < 1.29 is 13.2 Å². The number of rotatable bonds is 5. The van der Waals surface area contributed by atoms with Crippen molar-refractivity contribution in [2.45, 2.75) is 25.9 Å². The first-order valence-electron chi connectivity index (χ1n) is 5.37. The third kappa shape index (κ3) is 4.48. The maximum atomic E-state index is 12.0. The highest BCUT2D eigenvalue weighted by Gasteiger charge is 2.25. The molecule has 7 heteroatoms. The number of nitrogens with one attached hydrogen (secondary N) is 1. The Bertz CT molecular complexity index is 432. The summed E-state index contributed by atoms with van der Waals surface area (Å²) in [6, 6.07) is 1.75. The van der Waals surface area contributed by atoms with E-state index in [0.29, 0.717) is 11.4 Å². The van der Waals surface area contributed by atoms with Gasteiger partial charge in [0.2, 0.25) is 0 Å². The summed E-state index contributed by atoms with van der Waals surface area (Å²) in [6.45, 7) is 1.99. The predicted molar refractivity (Wildman–Crippen MR) is 68.6 cm³/mol. The number of hydrogen-bond donors (Lipinski definition) is 2. The summed E-state index contributed by atoms with van der Waals surface area (Å²) in [6.07, 6.45) is -3.42. The zero-order valence-electron chi connectivity index (χ0n) is 9.84. The van der Waals surface area contributed by atoms with Gasteiger partial charge in [-0.25, -0.2) is 4.98 Å². The summed E-state index contributed by atoms with van der Waals surface area (Å²) in [4.78, 5) is 4.21. The summed E-state index contributed by atoms with van der Waals surface area (Å²) in [5.74, 6) is 0.435. The Morgan fingerprint density at radius 1 is 1.50 bits per heavy atom. The Morgan fingerprint density at radius 3 is 2.72 bits per heavy atom. The molecule has 0 aromatic carbocycles. The van der Waals surface area contributed by atoms with Gasteiger partial charge in [0.25, 0.3) is 0 Å². The van der Waals surface area contributed by atoms with Crippen LogP contribution in [0.3, 0.4) is 0 Å². The third-order valence-electron chi connectivity index (χ3n) is 2.34. The van der Waals surface area contributed by atoms with Crippen LogP contribution in [0.5, 0.6) is 0 Å². The molecular formula is C11H14F3N3S. The molecule has 3 N–H and O–H groups in total. The number of alkyl halides is 3. The Hall–Kier alpha value is -1.37. The highest BCUT2D eigenvalue weighted by atomic mass is 32.1. The number of thiocarbonyl (C=S) groups is 1. The van der Waals surface area contributed by atoms with E-state index < -0.39 is 12.6 Å². The first kappa shape index (κ1) is 14.7. The zero-order valence-corrected chi connectivity index (χ0v) is 10.7. The quantitative estimate of drug-likeness (QED) is 0.642. The number of nitrogens with zero attached hydrogens (tertiary/aromatic N) is 1. The molecule has 100 valence electrons. The first-order chi connectivity index (χ1) is 8.31. The third-order valence-corrected chi connectivity index (χ3v) is 2.54. The fourth-order valence-electron chi connectivity index (χ4n) is 1.50. The van der Waals surface area contributed by atoms with E-state index in [9.17, 15) is 13.2 Å². The standard InChI is InChI=1S/C11H14F3N3S/c1-7-3-6-17-10(8(7)9(15)18)16-5-2-4-11(12,13)14/h3,6H,2,4-5H2,1H3,(H2,15,18)(H,16,17). The Labute approximate surface area is 109 Å². The van der Waals surface area contributed by atoms with Gasteiger partial charge in [0.15, 0.2) is 0 Å². The van der Waals surface area contributed by atoms with E-state index >= 15 is 0 Å². The topological polar surface area (TPSA) is 50.9 Å². The van der Waals surface area contributed by atoms with Crippen molar-refractivity contribution in [2.75, 3.05) is 11.9 Å². The molecule has 3 nitrogen and oxygen atoms in total.